The minimum absolute atomic E-state index is 0.0736. The molecule has 1 aromatic rings. The average Bonchev–Trinajstić information content (AvgIpc) is 3.73. The second-order valence-electron chi connectivity index (χ2n) is 16.9. The Morgan fingerprint density at radius 1 is 1.08 bits per heavy atom. The maximum Gasteiger partial charge on any atom is 0.313 e. The number of fused-ring (bicyclic) bond motifs is 1. The molecule has 0 radical (unpaired) electrons. The summed E-state index contributed by atoms with van der Waals surface area (Å²) in [6.45, 7) is 20.9. The van der Waals surface area contributed by atoms with E-state index in [9.17, 15) is 19.5 Å². The van der Waals surface area contributed by atoms with E-state index in [-0.39, 0.29) is 36.2 Å². The quantitative estimate of drug-likeness (QED) is 0.102. The number of nitrogens with zero attached hydrogens (tertiary/aromatic N) is 3. The van der Waals surface area contributed by atoms with Crippen molar-refractivity contribution < 1.29 is 33.8 Å². The number of aliphatic hydroxyl groups excluding tert-OH is 1. The molecular formula is C42H63N3O7. The van der Waals surface area contributed by atoms with Gasteiger partial charge in [-0.3, -0.25) is 19.2 Å². The molecule has 1 N–H and O–H groups in total. The molecule has 2 bridgehead atoms. The number of amides is 3. The lowest BCUT2D eigenvalue weighted by Gasteiger charge is -2.45. The van der Waals surface area contributed by atoms with Gasteiger partial charge in [0.05, 0.1) is 24.0 Å². The smallest absolute Gasteiger partial charge is 0.313 e. The molecule has 7 atom stereocenters. The summed E-state index contributed by atoms with van der Waals surface area (Å²) in [7, 11) is 1.71. The van der Waals surface area contributed by atoms with E-state index in [1.165, 1.54) is 0 Å². The molecule has 288 valence electrons. The highest BCUT2D eigenvalue weighted by molar-refractivity contribution is 5.98. The van der Waals surface area contributed by atoms with Gasteiger partial charge in [-0.2, -0.15) is 0 Å². The largest absolute Gasteiger partial charge is 0.455 e. The highest BCUT2D eigenvalue weighted by atomic mass is 16.6. The molecule has 3 saturated heterocycles. The highest BCUT2D eigenvalue weighted by Crippen LogP contribution is 2.59. The van der Waals surface area contributed by atoms with E-state index in [1.807, 2.05) is 42.2 Å². The van der Waals surface area contributed by atoms with E-state index in [0.29, 0.717) is 45.2 Å². The molecule has 3 fully saturated rings. The number of aliphatic hydroxyl groups is 1. The average molecular weight is 722 g/mol. The van der Waals surface area contributed by atoms with Crippen LogP contribution in [0.5, 0.6) is 0 Å². The third-order valence-electron chi connectivity index (χ3n) is 11.3. The lowest BCUT2D eigenvalue weighted by Crippen LogP contribution is -2.61. The number of carbonyl (C=O) groups excluding carboxylic acids is 4. The van der Waals surface area contributed by atoms with Crippen molar-refractivity contribution in [1.29, 1.82) is 0 Å². The van der Waals surface area contributed by atoms with Crippen LogP contribution in [0.4, 0.5) is 0 Å². The summed E-state index contributed by atoms with van der Waals surface area (Å²) in [6.07, 6.45) is 7.55. The fraction of sp³-hybridized carbons (Fsp3) is 0.667. The Morgan fingerprint density at radius 3 is 2.37 bits per heavy atom. The second-order valence-corrected chi connectivity index (χ2v) is 16.9. The predicted molar refractivity (Wildman–Crippen MR) is 202 cm³/mol. The molecule has 10 nitrogen and oxygen atoms in total. The van der Waals surface area contributed by atoms with Crippen LogP contribution in [0.1, 0.15) is 111 Å². The molecule has 4 rings (SSSR count). The zero-order valence-corrected chi connectivity index (χ0v) is 32.6. The molecule has 3 aliphatic rings. The first-order chi connectivity index (χ1) is 24.5. The first-order valence-electron chi connectivity index (χ1n) is 19.2. The number of hydrogen-bond acceptors (Lipinski definition) is 7. The molecular weight excluding hydrogens is 658 g/mol. The van der Waals surface area contributed by atoms with Crippen molar-refractivity contribution in [3.05, 3.63) is 61.2 Å². The molecule has 10 heteroatoms. The van der Waals surface area contributed by atoms with Gasteiger partial charge in [0, 0.05) is 38.7 Å². The Hall–Kier alpha value is -3.50. The zero-order chi connectivity index (χ0) is 38.4. The van der Waals surface area contributed by atoms with Gasteiger partial charge in [0.1, 0.15) is 17.7 Å². The van der Waals surface area contributed by atoms with Gasteiger partial charge < -0.3 is 29.3 Å². The summed E-state index contributed by atoms with van der Waals surface area (Å²) in [5.74, 6) is -2.85. The topological polar surface area (TPSA) is 117 Å². The van der Waals surface area contributed by atoms with E-state index < -0.39 is 53.2 Å². The summed E-state index contributed by atoms with van der Waals surface area (Å²) >= 11 is 0. The van der Waals surface area contributed by atoms with Gasteiger partial charge in [-0.1, -0.05) is 76.1 Å². The van der Waals surface area contributed by atoms with Gasteiger partial charge in [-0.25, -0.2) is 0 Å². The molecule has 3 heterocycles. The van der Waals surface area contributed by atoms with Crippen LogP contribution in [-0.4, -0.2) is 99.6 Å². The summed E-state index contributed by atoms with van der Waals surface area (Å²) in [6, 6.07) is 7.95. The van der Waals surface area contributed by atoms with E-state index in [1.54, 1.807) is 29.0 Å². The summed E-state index contributed by atoms with van der Waals surface area (Å²) in [5, 5.41) is 9.32. The van der Waals surface area contributed by atoms with E-state index in [0.717, 1.165) is 24.8 Å². The van der Waals surface area contributed by atoms with Crippen molar-refractivity contribution in [3.8, 4) is 0 Å². The maximum absolute atomic E-state index is 15.0. The minimum Gasteiger partial charge on any atom is -0.455 e. The van der Waals surface area contributed by atoms with Gasteiger partial charge >= 0.3 is 5.97 Å². The van der Waals surface area contributed by atoms with Crippen LogP contribution in [0.2, 0.25) is 0 Å². The Labute approximate surface area is 311 Å². The van der Waals surface area contributed by atoms with Crippen LogP contribution in [0.25, 0.3) is 0 Å². The third kappa shape index (κ3) is 8.65. The summed E-state index contributed by atoms with van der Waals surface area (Å²) in [4.78, 5) is 62.5. The van der Waals surface area contributed by atoms with Crippen LogP contribution in [0, 0.1) is 17.3 Å². The molecule has 52 heavy (non-hydrogen) atoms. The number of likely N-dealkylation sites (tertiary alicyclic amines) is 1. The van der Waals surface area contributed by atoms with Crippen molar-refractivity contribution >= 4 is 23.7 Å². The molecule has 3 amide bonds. The Kier molecular flexibility index (Phi) is 13.6. The number of carbonyl (C=O) groups is 4. The first kappa shape index (κ1) is 41.3. The van der Waals surface area contributed by atoms with Crippen molar-refractivity contribution in [2.45, 2.75) is 135 Å². The van der Waals surface area contributed by atoms with E-state index in [4.69, 9.17) is 9.47 Å². The SMILES string of the molecule is C=CCCC(=O)N(C)[C@@H](C)[C@@H](OC(=O)[C@@H]1[C@@H]2CC[C@]3(O2)[C@H](C(=O)N(CC=C)C(C)(C)CC(C)(C)C)N(CCCCCCO)C(=O)[C@@H]13)c1ccccc1. The molecule has 1 spiro atoms. The maximum atomic E-state index is 15.0. The molecule has 0 unspecified atom stereocenters. The van der Waals surface area contributed by atoms with Gasteiger partial charge in [0.2, 0.25) is 17.7 Å². The number of allylic oxidation sites excluding steroid dienone is 1. The Balaban J connectivity index is 1.70. The summed E-state index contributed by atoms with van der Waals surface area (Å²) < 4.78 is 13.2. The number of esters is 1. The van der Waals surface area contributed by atoms with Crippen molar-refractivity contribution in [3.63, 3.8) is 0 Å². The number of rotatable bonds is 19. The number of unbranched alkanes of at least 4 members (excludes halogenated alkanes) is 3. The van der Waals surface area contributed by atoms with Gasteiger partial charge in [0.15, 0.2) is 0 Å². The predicted octanol–water partition coefficient (Wildman–Crippen LogP) is 6.24. The molecule has 1 aromatic carbocycles. The fourth-order valence-electron chi connectivity index (χ4n) is 9.12. The monoisotopic (exact) mass is 721 g/mol. The minimum atomic E-state index is -1.17. The van der Waals surface area contributed by atoms with Crippen LogP contribution in [-0.2, 0) is 28.7 Å². The molecule has 0 saturated carbocycles. The third-order valence-corrected chi connectivity index (χ3v) is 11.3. The van der Waals surface area contributed by atoms with Crippen molar-refractivity contribution in [2.24, 2.45) is 17.3 Å². The lowest BCUT2D eigenvalue weighted by atomic mass is 9.70. The molecule has 0 aromatic heterocycles. The van der Waals surface area contributed by atoms with Crippen LogP contribution >= 0.6 is 0 Å². The molecule has 0 aliphatic carbocycles. The number of likely N-dealkylation sites (N-methyl/N-ethyl adjacent to an activating group) is 1. The molecule has 3 aliphatic heterocycles. The standard InChI is InChI=1S/C42H63N3O7/c1-10-12-22-32(47)43(9)29(3)35(30-20-16-15-17-21-30)51-39(50)33-31-23-24-42(52-31)34(33)37(48)44(26-18-13-14-19-27-46)36(42)38(49)45(25-11-2)41(7,8)28-40(4,5)6/h10-11,15-17,20-21,29,31,33-36,46H,1-2,12-14,18-19,22-28H2,3-9H3/t29-,31-,33+,34+,35+,36-,42+/m0/s1. The lowest BCUT2D eigenvalue weighted by molar-refractivity contribution is -0.164. The van der Waals surface area contributed by atoms with Crippen molar-refractivity contribution in [2.75, 3.05) is 26.7 Å². The van der Waals surface area contributed by atoms with Gasteiger partial charge in [-0.15, -0.1) is 13.2 Å². The van der Waals surface area contributed by atoms with Crippen LogP contribution in [0.15, 0.2) is 55.6 Å². The van der Waals surface area contributed by atoms with Gasteiger partial charge in [-0.05, 0) is 70.3 Å². The Bertz CT molecular complexity index is 1440. The van der Waals surface area contributed by atoms with Gasteiger partial charge in [0.25, 0.3) is 0 Å². The summed E-state index contributed by atoms with van der Waals surface area (Å²) in [5.41, 5.74) is -1.06. The Morgan fingerprint density at radius 2 is 1.75 bits per heavy atom. The second kappa shape index (κ2) is 17.1. The fourth-order valence-corrected chi connectivity index (χ4v) is 9.12. The normalized spacial score (nSPS) is 25.0. The van der Waals surface area contributed by atoms with E-state index >= 15 is 4.79 Å². The van der Waals surface area contributed by atoms with Crippen LogP contribution < -0.4 is 0 Å². The van der Waals surface area contributed by atoms with E-state index in [2.05, 4.69) is 47.8 Å². The highest BCUT2D eigenvalue weighted by Gasteiger charge is 2.75. The zero-order valence-electron chi connectivity index (χ0n) is 32.6. The van der Waals surface area contributed by atoms with Crippen molar-refractivity contribution in [1.82, 2.24) is 14.7 Å². The van der Waals surface area contributed by atoms with Crippen LogP contribution in [0.3, 0.4) is 0 Å². The number of hydrogen-bond donors (Lipinski definition) is 1. The number of benzene rings is 1. The number of ether oxygens (including phenoxy) is 2. The first-order valence-corrected chi connectivity index (χ1v) is 19.2.